The summed E-state index contributed by atoms with van der Waals surface area (Å²) < 4.78 is 0. The van der Waals surface area contributed by atoms with Crippen LogP contribution in [0.5, 0.6) is 5.75 Å². The highest BCUT2D eigenvalue weighted by Gasteiger charge is 2.20. The van der Waals surface area contributed by atoms with Gasteiger partial charge in [-0.05, 0) is 17.7 Å². The van der Waals surface area contributed by atoms with Crippen LogP contribution in [-0.4, -0.2) is 53.5 Å². The molecule has 1 heterocycles. The number of benzene rings is 1. The molecule has 1 aromatic rings. The first-order valence-electron chi connectivity index (χ1n) is 6.34. The van der Waals surface area contributed by atoms with Crippen LogP contribution in [0.25, 0.3) is 0 Å². The van der Waals surface area contributed by atoms with Crippen molar-refractivity contribution in [3.63, 3.8) is 0 Å². The van der Waals surface area contributed by atoms with Crippen LogP contribution < -0.4 is 0 Å². The molecule has 1 saturated heterocycles. The Bertz CT molecular complexity index is 488. The Balaban J connectivity index is 1.86. The van der Waals surface area contributed by atoms with Gasteiger partial charge < -0.3 is 10.0 Å². The van der Waals surface area contributed by atoms with Crippen molar-refractivity contribution in [3.05, 3.63) is 29.8 Å². The van der Waals surface area contributed by atoms with Gasteiger partial charge in [0.15, 0.2) is 0 Å². The van der Waals surface area contributed by atoms with Crippen LogP contribution in [-0.2, 0) is 11.2 Å². The van der Waals surface area contributed by atoms with E-state index < -0.39 is 0 Å². The van der Waals surface area contributed by atoms with Crippen LogP contribution in [0.15, 0.2) is 24.3 Å². The first-order chi connectivity index (χ1) is 9.19. The molecule has 100 valence electrons. The van der Waals surface area contributed by atoms with Gasteiger partial charge in [-0.1, -0.05) is 12.1 Å². The van der Waals surface area contributed by atoms with E-state index in [0.717, 1.165) is 18.7 Å². The van der Waals surface area contributed by atoms with Crippen LogP contribution in [0, 0.1) is 11.3 Å². The number of nitriles is 1. The van der Waals surface area contributed by atoms with E-state index in [1.807, 2.05) is 15.9 Å². The van der Waals surface area contributed by atoms with E-state index in [9.17, 15) is 9.90 Å². The molecular weight excluding hydrogens is 242 g/mol. The third-order valence-electron chi connectivity index (χ3n) is 3.29. The fourth-order valence-corrected chi connectivity index (χ4v) is 2.21. The van der Waals surface area contributed by atoms with Gasteiger partial charge >= 0.3 is 0 Å². The maximum Gasteiger partial charge on any atom is 0.227 e. The number of carbonyl (C=O) groups is 1. The van der Waals surface area contributed by atoms with E-state index >= 15 is 0 Å². The van der Waals surface area contributed by atoms with E-state index in [1.54, 1.807) is 18.2 Å². The molecule has 1 amide bonds. The van der Waals surface area contributed by atoms with Crippen molar-refractivity contribution in [2.24, 2.45) is 0 Å². The lowest BCUT2D eigenvalue weighted by Crippen LogP contribution is -2.49. The van der Waals surface area contributed by atoms with Gasteiger partial charge in [-0.3, -0.25) is 9.69 Å². The van der Waals surface area contributed by atoms with Crippen LogP contribution in [0.3, 0.4) is 0 Å². The van der Waals surface area contributed by atoms with E-state index in [1.165, 1.54) is 0 Å². The Kier molecular flexibility index (Phi) is 4.37. The van der Waals surface area contributed by atoms with E-state index in [0.29, 0.717) is 26.1 Å². The average molecular weight is 259 g/mol. The zero-order valence-corrected chi connectivity index (χ0v) is 10.7. The van der Waals surface area contributed by atoms with Crippen LogP contribution in [0.1, 0.15) is 5.56 Å². The molecule has 5 nitrogen and oxygen atoms in total. The minimum atomic E-state index is 0.0715. The van der Waals surface area contributed by atoms with Crippen LogP contribution in [0.4, 0.5) is 0 Å². The normalized spacial score (nSPS) is 16.1. The van der Waals surface area contributed by atoms with Crippen LogP contribution >= 0.6 is 0 Å². The molecule has 0 unspecified atom stereocenters. The number of aromatic hydroxyl groups is 1. The summed E-state index contributed by atoms with van der Waals surface area (Å²) in [6.07, 6.45) is 0.312. The molecular formula is C14H17N3O2. The van der Waals surface area contributed by atoms with Crippen molar-refractivity contribution in [2.75, 3.05) is 32.7 Å². The molecule has 0 saturated carbocycles. The molecule has 0 radical (unpaired) electrons. The highest BCUT2D eigenvalue weighted by Crippen LogP contribution is 2.13. The summed E-state index contributed by atoms with van der Waals surface area (Å²) in [4.78, 5) is 16.0. The number of hydrogen-bond acceptors (Lipinski definition) is 4. The van der Waals surface area contributed by atoms with Crippen molar-refractivity contribution in [1.29, 1.82) is 5.26 Å². The molecule has 0 aliphatic carbocycles. The predicted octanol–water partition coefficient (Wildman–Crippen LogP) is 0.602. The van der Waals surface area contributed by atoms with Gasteiger partial charge in [0.1, 0.15) is 5.75 Å². The molecule has 0 aromatic heterocycles. The highest BCUT2D eigenvalue weighted by molar-refractivity contribution is 5.79. The van der Waals surface area contributed by atoms with E-state index in [2.05, 4.69) is 6.07 Å². The fourth-order valence-electron chi connectivity index (χ4n) is 2.21. The molecule has 0 atom stereocenters. The topological polar surface area (TPSA) is 67.6 Å². The number of rotatable bonds is 3. The number of phenols is 1. The Morgan fingerprint density at radius 2 is 2.05 bits per heavy atom. The predicted molar refractivity (Wildman–Crippen MR) is 70.4 cm³/mol. The van der Waals surface area contributed by atoms with Crippen molar-refractivity contribution in [2.45, 2.75) is 6.42 Å². The maximum absolute atomic E-state index is 12.1. The quantitative estimate of drug-likeness (QED) is 0.807. The highest BCUT2D eigenvalue weighted by atomic mass is 16.3. The summed E-state index contributed by atoms with van der Waals surface area (Å²) in [5.41, 5.74) is 0.824. The zero-order chi connectivity index (χ0) is 13.7. The second kappa shape index (κ2) is 6.21. The van der Waals surface area contributed by atoms with Gasteiger partial charge in [0.2, 0.25) is 5.91 Å². The number of piperazine rings is 1. The largest absolute Gasteiger partial charge is 0.508 e. The lowest BCUT2D eigenvalue weighted by molar-refractivity contribution is -0.132. The number of nitrogens with zero attached hydrogens (tertiary/aromatic N) is 3. The standard InChI is InChI=1S/C14H17N3O2/c15-4-5-16-6-8-17(9-7-16)14(19)11-12-2-1-3-13(18)10-12/h1-3,10,18H,5-9,11H2. The van der Waals surface area contributed by atoms with Crippen molar-refractivity contribution in [3.8, 4) is 11.8 Å². The Labute approximate surface area is 112 Å². The van der Waals surface area contributed by atoms with Gasteiger partial charge in [-0.25, -0.2) is 0 Å². The van der Waals surface area contributed by atoms with E-state index in [4.69, 9.17) is 5.26 Å². The fraction of sp³-hybridized carbons (Fsp3) is 0.429. The maximum atomic E-state index is 12.1. The summed E-state index contributed by atoms with van der Waals surface area (Å²) in [6.45, 7) is 3.26. The SMILES string of the molecule is N#CCN1CCN(C(=O)Cc2cccc(O)c2)CC1. The Hall–Kier alpha value is -2.06. The average Bonchev–Trinajstić information content (AvgIpc) is 2.40. The zero-order valence-electron chi connectivity index (χ0n) is 10.7. The Morgan fingerprint density at radius 1 is 1.32 bits per heavy atom. The summed E-state index contributed by atoms with van der Waals surface area (Å²) in [5, 5.41) is 18.0. The molecule has 5 heteroatoms. The van der Waals surface area contributed by atoms with E-state index in [-0.39, 0.29) is 11.7 Å². The monoisotopic (exact) mass is 259 g/mol. The first-order valence-corrected chi connectivity index (χ1v) is 6.34. The van der Waals surface area contributed by atoms with Gasteiger partial charge in [0.25, 0.3) is 0 Å². The number of phenolic OH excluding ortho intramolecular Hbond substituents is 1. The van der Waals surface area contributed by atoms with Gasteiger partial charge in [-0.15, -0.1) is 0 Å². The molecule has 1 aliphatic heterocycles. The number of amides is 1. The summed E-state index contributed by atoms with van der Waals surface area (Å²) >= 11 is 0. The lowest BCUT2D eigenvalue weighted by Gasteiger charge is -2.33. The smallest absolute Gasteiger partial charge is 0.227 e. The third kappa shape index (κ3) is 3.70. The number of hydrogen-bond donors (Lipinski definition) is 1. The van der Waals surface area contributed by atoms with Crippen molar-refractivity contribution in [1.82, 2.24) is 9.80 Å². The second-order valence-electron chi connectivity index (χ2n) is 4.66. The minimum absolute atomic E-state index is 0.0715. The third-order valence-corrected chi connectivity index (χ3v) is 3.29. The Morgan fingerprint density at radius 3 is 2.68 bits per heavy atom. The molecule has 1 N–H and O–H groups in total. The van der Waals surface area contributed by atoms with Crippen LogP contribution in [0.2, 0.25) is 0 Å². The summed E-state index contributed by atoms with van der Waals surface area (Å²) in [7, 11) is 0. The minimum Gasteiger partial charge on any atom is -0.508 e. The molecule has 19 heavy (non-hydrogen) atoms. The summed E-state index contributed by atoms with van der Waals surface area (Å²) in [5.74, 6) is 0.256. The summed E-state index contributed by atoms with van der Waals surface area (Å²) in [6, 6.07) is 8.90. The number of carbonyl (C=O) groups excluding carboxylic acids is 1. The molecule has 0 spiro atoms. The van der Waals surface area contributed by atoms with Crippen molar-refractivity contribution >= 4 is 5.91 Å². The van der Waals surface area contributed by atoms with Gasteiger partial charge in [0.05, 0.1) is 19.0 Å². The first kappa shape index (κ1) is 13.4. The molecule has 1 aliphatic rings. The molecule has 2 rings (SSSR count). The molecule has 1 aromatic carbocycles. The second-order valence-corrected chi connectivity index (χ2v) is 4.66. The van der Waals surface area contributed by atoms with Gasteiger partial charge in [0, 0.05) is 26.2 Å². The lowest BCUT2D eigenvalue weighted by atomic mass is 10.1. The molecule has 0 bridgehead atoms. The van der Waals surface area contributed by atoms with Gasteiger partial charge in [-0.2, -0.15) is 5.26 Å². The van der Waals surface area contributed by atoms with Crippen molar-refractivity contribution < 1.29 is 9.90 Å². The molecule has 1 fully saturated rings.